The third-order valence-electron chi connectivity index (χ3n) is 13.6. The molecule has 0 radical (unpaired) electrons. The van der Waals surface area contributed by atoms with Crippen molar-refractivity contribution in [1.29, 1.82) is 0 Å². The smallest absolute Gasteiger partial charge is 0.0625 e. The predicted octanol–water partition coefficient (Wildman–Crippen LogP) is 8.68. The lowest BCUT2D eigenvalue weighted by Gasteiger charge is -2.71. The second-order valence-electron chi connectivity index (χ2n) is 14.9. The lowest BCUT2D eigenvalue weighted by Crippen LogP contribution is -2.64. The van der Waals surface area contributed by atoms with E-state index in [4.69, 9.17) is 4.74 Å². The number of rotatable bonds is 1. The van der Waals surface area contributed by atoms with Crippen LogP contribution in [-0.2, 0) is 4.74 Å². The van der Waals surface area contributed by atoms with E-state index in [1.54, 1.807) is 0 Å². The number of hydrogen-bond acceptors (Lipinski definition) is 1. The van der Waals surface area contributed by atoms with E-state index in [0.717, 1.165) is 29.6 Å². The van der Waals surface area contributed by atoms with Gasteiger partial charge in [-0.2, -0.15) is 0 Å². The maximum atomic E-state index is 6.05. The first-order valence-electron chi connectivity index (χ1n) is 14.1. The Morgan fingerprint density at radius 1 is 0.812 bits per heavy atom. The van der Waals surface area contributed by atoms with Crippen molar-refractivity contribution in [3.63, 3.8) is 0 Å². The standard InChI is InChI=1S/C31H52O/c1-20-12-15-28(5)18-19-30(7)22(26(28)21(20)2)10-11-24-29(6)16-14-25(32-9)27(3,4)23(29)13-17-31(24,30)8/h10,20-21,23-26H,11-19H2,1-9H3/t20-,21+,23+,24-,25+,26+,28-,29+,30-,31-/m1/s1. The highest BCUT2D eigenvalue weighted by atomic mass is 16.5. The van der Waals surface area contributed by atoms with Crippen LogP contribution < -0.4 is 0 Å². The van der Waals surface area contributed by atoms with E-state index in [9.17, 15) is 0 Å². The fraction of sp³-hybridized carbons (Fsp3) is 0.935. The molecule has 4 fully saturated rings. The van der Waals surface area contributed by atoms with Crippen LogP contribution in [-0.4, -0.2) is 13.2 Å². The Morgan fingerprint density at radius 3 is 2.22 bits per heavy atom. The first-order valence-corrected chi connectivity index (χ1v) is 14.1. The van der Waals surface area contributed by atoms with Crippen molar-refractivity contribution in [2.24, 2.45) is 56.7 Å². The first-order chi connectivity index (χ1) is 14.8. The van der Waals surface area contributed by atoms with Gasteiger partial charge in [0, 0.05) is 7.11 Å². The normalized spacial score (nSPS) is 56.8. The van der Waals surface area contributed by atoms with Gasteiger partial charge in [0.2, 0.25) is 0 Å². The quantitative estimate of drug-likeness (QED) is 0.370. The van der Waals surface area contributed by atoms with Crippen LogP contribution in [0.5, 0.6) is 0 Å². The van der Waals surface area contributed by atoms with E-state index in [-0.39, 0.29) is 5.41 Å². The highest BCUT2D eigenvalue weighted by Gasteiger charge is 2.68. The molecule has 32 heavy (non-hydrogen) atoms. The summed E-state index contributed by atoms with van der Waals surface area (Å²) in [6.07, 6.45) is 15.8. The van der Waals surface area contributed by atoms with Gasteiger partial charge in [-0.05, 0) is 114 Å². The summed E-state index contributed by atoms with van der Waals surface area (Å²) in [5.74, 6) is 4.13. The summed E-state index contributed by atoms with van der Waals surface area (Å²) in [6, 6.07) is 0. The van der Waals surface area contributed by atoms with Crippen molar-refractivity contribution >= 4 is 0 Å². The van der Waals surface area contributed by atoms with Gasteiger partial charge >= 0.3 is 0 Å². The summed E-state index contributed by atoms with van der Waals surface area (Å²) in [7, 11) is 1.95. The molecule has 5 aliphatic carbocycles. The van der Waals surface area contributed by atoms with Crippen molar-refractivity contribution in [2.75, 3.05) is 7.11 Å². The first kappa shape index (κ1) is 23.4. The third-order valence-corrected chi connectivity index (χ3v) is 13.6. The van der Waals surface area contributed by atoms with Gasteiger partial charge in [0.15, 0.2) is 0 Å². The monoisotopic (exact) mass is 440 g/mol. The van der Waals surface area contributed by atoms with Crippen molar-refractivity contribution in [3.8, 4) is 0 Å². The van der Waals surface area contributed by atoms with Crippen molar-refractivity contribution in [3.05, 3.63) is 11.6 Å². The molecule has 10 atom stereocenters. The summed E-state index contributed by atoms with van der Waals surface area (Å²) in [6.45, 7) is 21.0. The Morgan fingerprint density at radius 2 is 1.53 bits per heavy atom. The molecule has 5 rings (SSSR count). The van der Waals surface area contributed by atoms with Crippen LogP contribution in [0.4, 0.5) is 0 Å². The molecule has 5 aliphatic rings. The molecule has 0 spiro atoms. The highest BCUT2D eigenvalue weighted by Crippen LogP contribution is 2.75. The van der Waals surface area contributed by atoms with Crippen molar-refractivity contribution in [2.45, 2.75) is 119 Å². The molecule has 0 aromatic carbocycles. The molecule has 0 aliphatic heterocycles. The summed E-state index contributed by atoms with van der Waals surface area (Å²) in [5, 5.41) is 0. The van der Waals surface area contributed by atoms with E-state index in [0.29, 0.717) is 27.8 Å². The highest BCUT2D eigenvalue weighted by molar-refractivity contribution is 5.33. The molecule has 0 heterocycles. The molecule has 4 saturated carbocycles. The molecule has 0 unspecified atom stereocenters. The summed E-state index contributed by atoms with van der Waals surface area (Å²) >= 11 is 0. The lowest BCUT2D eigenvalue weighted by atomic mass is 9.33. The second-order valence-corrected chi connectivity index (χ2v) is 14.9. The summed E-state index contributed by atoms with van der Waals surface area (Å²) in [5.41, 5.74) is 4.02. The molecule has 182 valence electrons. The number of fused-ring (bicyclic) bond motifs is 7. The molecule has 0 bridgehead atoms. The molecular weight excluding hydrogens is 388 g/mol. The number of allylic oxidation sites excluding steroid dienone is 2. The van der Waals surface area contributed by atoms with Crippen LogP contribution in [0.1, 0.15) is 113 Å². The van der Waals surface area contributed by atoms with Crippen molar-refractivity contribution < 1.29 is 4.74 Å². The van der Waals surface area contributed by atoms with E-state index >= 15 is 0 Å². The topological polar surface area (TPSA) is 9.23 Å². The van der Waals surface area contributed by atoms with E-state index in [2.05, 4.69) is 61.5 Å². The molecule has 0 N–H and O–H groups in total. The van der Waals surface area contributed by atoms with Crippen LogP contribution in [0, 0.1) is 56.7 Å². The van der Waals surface area contributed by atoms with Crippen LogP contribution in [0.2, 0.25) is 0 Å². The lowest BCUT2D eigenvalue weighted by molar-refractivity contribution is -0.207. The number of methoxy groups -OCH3 is 1. The van der Waals surface area contributed by atoms with Gasteiger partial charge in [0.1, 0.15) is 0 Å². The number of hydrogen-bond donors (Lipinski definition) is 0. The van der Waals surface area contributed by atoms with Crippen molar-refractivity contribution in [1.82, 2.24) is 0 Å². The Labute approximate surface area is 199 Å². The van der Waals surface area contributed by atoms with Gasteiger partial charge in [-0.1, -0.05) is 67.0 Å². The van der Waals surface area contributed by atoms with Crippen LogP contribution in [0.3, 0.4) is 0 Å². The predicted molar refractivity (Wildman–Crippen MR) is 135 cm³/mol. The van der Waals surface area contributed by atoms with Gasteiger partial charge < -0.3 is 4.74 Å². The molecule has 0 saturated heterocycles. The molecular formula is C31H52O. The maximum Gasteiger partial charge on any atom is 0.0625 e. The van der Waals surface area contributed by atoms with Gasteiger partial charge in [-0.25, -0.2) is 0 Å². The second kappa shape index (κ2) is 7.11. The minimum absolute atomic E-state index is 0.284. The average molecular weight is 441 g/mol. The van der Waals surface area contributed by atoms with Crippen LogP contribution in [0.25, 0.3) is 0 Å². The Hall–Kier alpha value is -0.300. The van der Waals surface area contributed by atoms with Gasteiger partial charge in [-0.15, -0.1) is 0 Å². The van der Waals surface area contributed by atoms with E-state index < -0.39 is 0 Å². The SMILES string of the molecule is CO[C@H]1CC[C@]2(C)[C@H]3CC=C4[C@@H]5[C@@H](C)[C@H](C)CC[C@]5(C)CC[C@@]4(C)[C@]3(C)CC[C@H]2C1(C)C. The number of ether oxygens (including phenoxy) is 1. The van der Waals surface area contributed by atoms with Gasteiger partial charge in [0.05, 0.1) is 6.10 Å². The van der Waals surface area contributed by atoms with Gasteiger partial charge in [-0.3, -0.25) is 0 Å². The van der Waals surface area contributed by atoms with E-state index in [1.807, 2.05) is 12.7 Å². The fourth-order valence-electron chi connectivity index (χ4n) is 11.3. The Balaban J connectivity index is 1.57. The molecule has 1 nitrogen and oxygen atoms in total. The fourth-order valence-corrected chi connectivity index (χ4v) is 11.3. The minimum Gasteiger partial charge on any atom is -0.381 e. The minimum atomic E-state index is 0.284. The van der Waals surface area contributed by atoms with Gasteiger partial charge in [0.25, 0.3) is 0 Å². The van der Waals surface area contributed by atoms with E-state index in [1.165, 1.54) is 57.8 Å². The Kier molecular flexibility index (Phi) is 5.21. The zero-order valence-electron chi connectivity index (χ0n) is 22.8. The Bertz CT molecular complexity index is 794. The molecule has 0 amide bonds. The van der Waals surface area contributed by atoms with Crippen LogP contribution in [0.15, 0.2) is 11.6 Å². The maximum absolute atomic E-state index is 6.05. The van der Waals surface area contributed by atoms with Crippen LogP contribution >= 0.6 is 0 Å². The summed E-state index contributed by atoms with van der Waals surface area (Å²) in [4.78, 5) is 0. The summed E-state index contributed by atoms with van der Waals surface area (Å²) < 4.78 is 6.05. The third kappa shape index (κ3) is 2.73. The zero-order chi connectivity index (χ0) is 23.3. The molecule has 0 aromatic heterocycles. The molecule has 0 aromatic rings. The largest absolute Gasteiger partial charge is 0.381 e. The zero-order valence-corrected chi connectivity index (χ0v) is 22.8. The average Bonchev–Trinajstić information content (AvgIpc) is 2.72. The molecule has 1 heteroatoms.